The van der Waals surface area contributed by atoms with Gasteiger partial charge in [0, 0.05) is 31.8 Å². The number of aromatic amines is 1. The number of carboxylic acids is 1. The average Bonchev–Trinajstić information content (AvgIpc) is 2.85. The third-order valence-electron chi connectivity index (χ3n) is 2.75. The molecule has 1 heterocycles. The van der Waals surface area contributed by atoms with Gasteiger partial charge in [-0.1, -0.05) is 0 Å². The molecule has 0 saturated heterocycles. The van der Waals surface area contributed by atoms with Crippen molar-refractivity contribution in [3.8, 4) is 11.4 Å². The number of rotatable bonds is 5. The molecule has 0 radical (unpaired) electrons. The number of benzene rings is 1. The van der Waals surface area contributed by atoms with Crippen LogP contribution >= 0.6 is 0 Å². The Labute approximate surface area is 111 Å². The van der Waals surface area contributed by atoms with Gasteiger partial charge in [-0.05, 0) is 24.3 Å². The van der Waals surface area contributed by atoms with Crippen LogP contribution in [0.15, 0.2) is 24.3 Å². The second-order valence-electron chi connectivity index (χ2n) is 4.44. The number of H-pyrrole nitrogens is 1. The van der Waals surface area contributed by atoms with Crippen molar-refractivity contribution in [3.05, 3.63) is 30.1 Å². The maximum absolute atomic E-state index is 10.5. The van der Waals surface area contributed by atoms with E-state index in [4.69, 9.17) is 5.11 Å². The molecule has 1 aromatic heterocycles. The highest BCUT2D eigenvalue weighted by molar-refractivity contribution is 5.67. The normalized spacial score (nSPS) is 10.4. The van der Waals surface area contributed by atoms with Crippen LogP contribution in [0.4, 0.5) is 5.69 Å². The van der Waals surface area contributed by atoms with E-state index in [0.29, 0.717) is 18.1 Å². The number of carbonyl (C=O) groups is 1. The topological polar surface area (TPSA) is 82.1 Å². The highest BCUT2D eigenvalue weighted by Gasteiger charge is 2.07. The Morgan fingerprint density at radius 2 is 2.00 bits per heavy atom. The van der Waals surface area contributed by atoms with Crippen molar-refractivity contribution < 1.29 is 9.90 Å². The minimum atomic E-state index is -0.840. The van der Waals surface area contributed by atoms with E-state index in [1.807, 2.05) is 43.3 Å². The number of nitrogens with one attached hydrogen (secondary N) is 1. The van der Waals surface area contributed by atoms with Crippen molar-refractivity contribution in [2.45, 2.75) is 12.8 Å². The van der Waals surface area contributed by atoms with Crippen LogP contribution in [0.5, 0.6) is 0 Å². The summed E-state index contributed by atoms with van der Waals surface area (Å²) in [5.41, 5.74) is 2.01. The maximum Gasteiger partial charge on any atom is 0.303 e. The molecule has 2 aromatic rings. The lowest BCUT2D eigenvalue weighted by Gasteiger charge is -2.11. The van der Waals surface area contributed by atoms with Crippen molar-refractivity contribution in [2.75, 3.05) is 19.0 Å². The molecule has 0 fully saturated rings. The van der Waals surface area contributed by atoms with E-state index in [-0.39, 0.29) is 6.42 Å². The van der Waals surface area contributed by atoms with E-state index in [1.165, 1.54) is 0 Å². The Bertz CT molecular complexity index is 560. The van der Waals surface area contributed by atoms with Gasteiger partial charge in [-0.2, -0.15) is 5.10 Å². The predicted octanol–water partition coefficient (Wildman–Crippen LogP) is 1.55. The fourth-order valence-corrected chi connectivity index (χ4v) is 1.67. The quantitative estimate of drug-likeness (QED) is 0.852. The molecule has 0 amide bonds. The fraction of sp³-hybridized carbons (Fsp3) is 0.308. The molecular weight excluding hydrogens is 244 g/mol. The van der Waals surface area contributed by atoms with Gasteiger partial charge in [0.05, 0.1) is 6.42 Å². The monoisotopic (exact) mass is 260 g/mol. The molecule has 0 saturated carbocycles. The summed E-state index contributed by atoms with van der Waals surface area (Å²) in [6.45, 7) is 0. The molecule has 19 heavy (non-hydrogen) atoms. The van der Waals surface area contributed by atoms with Crippen LogP contribution < -0.4 is 4.90 Å². The van der Waals surface area contributed by atoms with Crippen LogP contribution in [0.25, 0.3) is 11.4 Å². The number of nitrogens with zero attached hydrogens (tertiary/aromatic N) is 3. The lowest BCUT2D eigenvalue weighted by atomic mass is 10.2. The van der Waals surface area contributed by atoms with Crippen LogP contribution in [0.3, 0.4) is 0 Å². The molecule has 2 rings (SSSR count). The van der Waals surface area contributed by atoms with E-state index < -0.39 is 5.97 Å². The number of aliphatic carboxylic acids is 1. The first-order valence-electron chi connectivity index (χ1n) is 5.97. The van der Waals surface area contributed by atoms with Crippen molar-refractivity contribution in [2.24, 2.45) is 0 Å². The zero-order valence-corrected chi connectivity index (χ0v) is 10.9. The van der Waals surface area contributed by atoms with Crippen LogP contribution in [0, 0.1) is 0 Å². The van der Waals surface area contributed by atoms with Crippen LogP contribution in [-0.2, 0) is 11.2 Å². The van der Waals surface area contributed by atoms with Gasteiger partial charge in [0.25, 0.3) is 0 Å². The SMILES string of the molecule is CN(C)c1ccc(-c2n[nH]c(CCC(=O)O)n2)cc1. The highest BCUT2D eigenvalue weighted by atomic mass is 16.4. The van der Waals surface area contributed by atoms with Crippen molar-refractivity contribution in [1.82, 2.24) is 15.2 Å². The lowest BCUT2D eigenvalue weighted by Crippen LogP contribution is -2.07. The number of aromatic nitrogens is 3. The maximum atomic E-state index is 10.5. The number of hydrogen-bond donors (Lipinski definition) is 2. The summed E-state index contributed by atoms with van der Waals surface area (Å²) in [5, 5.41) is 15.5. The minimum Gasteiger partial charge on any atom is -0.481 e. The average molecular weight is 260 g/mol. The van der Waals surface area contributed by atoms with Crippen LogP contribution in [0.1, 0.15) is 12.2 Å². The molecule has 6 nitrogen and oxygen atoms in total. The summed E-state index contributed by atoms with van der Waals surface area (Å²) in [6, 6.07) is 7.87. The van der Waals surface area contributed by atoms with Crippen molar-refractivity contribution in [3.63, 3.8) is 0 Å². The predicted molar refractivity (Wildman–Crippen MR) is 72.1 cm³/mol. The Morgan fingerprint density at radius 1 is 1.32 bits per heavy atom. The smallest absolute Gasteiger partial charge is 0.303 e. The molecule has 0 aliphatic heterocycles. The first-order valence-corrected chi connectivity index (χ1v) is 5.97. The van der Waals surface area contributed by atoms with Crippen LogP contribution in [-0.4, -0.2) is 40.4 Å². The van der Waals surface area contributed by atoms with E-state index >= 15 is 0 Å². The van der Waals surface area contributed by atoms with Gasteiger partial charge in [0.15, 0.2) is 5.82 Å². The molecule has 0 bridgehead atoms. The molecule has 0 unspecified atom stereocenters. The number of aryl methyl sites for hydroxylation is 1. The standard InChI is InChI=1S/C13H16N4O2/c1-17(2)10-5-3-9(4-6-10)13-14-11(15-16-13)7-8-12(18)19/h3-6H,7-8H2,1-2H3,(H,18,19)(H,14,15,16). The van der Waals surface area contributed by atoms with Gasteiger partial charge < -0.3 is 10.0 Å². The zero-order chi connectivity index (χ0) is 13.8. The minimum absolute atomic E-state index is 0.0498. The first kappa shape index (κ1) is 13.1. The van der Waals surface area contributed by atoms with E-state index in [1.54, 1.807) is 0 Å². The summed E-state index contributed by atoms with van der Waals surface area (Å²) < 4.78 is 0. The summed E-state index contributed by atoms with van der Waals surface area (Å²) in [6.07, 6.45) is 0.409. The summed E-state index contributed by atoms with van der Waals surface area (Å²) in [4.78, 5) is 16.8. The third-order valence-corrected chi connectivity index (χ3v) is 2.75. The molecule has 0 spiro atoms. The molecule has 1 aromatic carbocycles. The second-order valence-corrected chi connectivity index (χ2v) is 4.44. The Hall–Kier alpha value is -2.37. The van der Waals surface area contributed by atoms with Gasteiger partial charge in [0.1, 0.15) is 5.82 Å². The number of anilines is 1. The van der Waals surface area contributed by atoms with Crippen molar-refractivity contribution in [1.29, 1.82) is 0 Å². The number of hydrogen-bond acceptors (Lipinski definition) is 4. The van der Waals surface area contributed by atoms with Gasteiger partial charge in [-0.15, -0.1) is 0 Å². The molecule has 100 valence electrons. The molecule has 2 N–H and O–H groups in total. The summed E-state index contributed by atoms with van der Waals surface area (Å²) in [7, 11) is 3.96. The molecule has 0 atom stereocenters. The van der Waals surface area contributed by atoms with Gasteiger partial charge in [-0.25, -0.2) is 4.98 Å². The molecule has 6 heteroatoms. The lowest BCUT2D eigenvalue weighted by molar-refractivity contribution is -0.137. The fourth-order valence-electron chi connectivity index (χ4n) is 1.67. The Balaban J connectivity index is 2.11. The Morgan fingerprint density at radius 3 is 2.58 bits per heavy atom. The first-order chi connectivity index (χ1) is 9.06. The van der Waals surface area contributed by atoms with Gasteiger partial charge in [-0.3, -0.25) is 9.89 Å². The van der Waals surface area contributed by atoms with E-state index in [0.717, 1.165) is 11.3 Å². The van der Waals surface area contributed by atoms with Gasteiger partial charge >= 0.3 is 5.97 Å². The van der Waals surface area contributed by atoms with Crippen molar-refractivity contribution >= 4 is 11.7 Å². The summed E-state index contributed by atoms with van der Waals surface area (Å²) in [5.74, 6) is 0.341. The summed E-state index contributed by atoms with van der Waals surface area (Å²) >= 11 is 0. The zero-order valence-electron chi connectivity index (χ0n) is 10.9. The molecular formula is C13H16N4O2. The molecule has 0 aliphatic carbocycles. The van der Waals surface area contributed by atoms with E-state index in [9.17, 15) is 4.79 Å². The third kappa shape index (κ3) is 3.31. The van der Waals surface area contributed by atoms with Crippen LogP contribution in [0.2, 0.25) is 0 Å². The largest absolute Gasteiger partial charge is 0.481 e. The second kappa shape index (κ2) is 5.51. The van der Waals surface area contributed by atoms with Gasteiger partial charge in [0.2, 0.25) is 0 Å². The Kier molecular flexibility index (Phi) is 3.79. The highest BCUT2D eigenvalue weighted by Crippen LogP contribution is 2.19. The van der Waals surface area contributed by atoms with E-state index in [2.05, 4.69) is 15.2 Å². The molecule has 0 aliphatic rings. The number of carboxylic acid groups (broad SMARTS) is 1.